The van der Waals surface area contributed by atoms with Crippen LogP contribution in [0.4, 0.5) is 11.4 Å². The van der Waals surface area contributed by atoms with E-state index in [1.54, 1.807) is 24.0 Å². The summed E-state index contributed by atoms with van der Waals surface area (Å²) in [5, 5.41) is 3.39. The number of rotatable bonds is 3. The zero-order valence-corrected chi connectivity index (χ0v) is 12.8. The van der Waals surface area contributed by atoms with Crippen molar-refractivity contribution in [3.63, 3.8) is 0 Å². The van der Waals surface area contributed by atoms with Crippen molar-refractivity contribution in [2.45, 2.75) is 9.79 Å². The second-order valence-electron chi connectivity index (χ2n) is 5.08. The van der Waals surface area contributed by atoms with Crippen LogP contribution in [0.2, 0.25) is 0 Å². The Morgan fingerprint density at radius 2 is 1.86 bits per heavy atom. The van der Waals surface area contributed by atoms with Crippen molar-refractivity contribution in [3.8, 4) is 0 Å². The third-order valence-corrected chi connectivity index (χ3v) is 4.32. The van der Waals surface area contributed by atoms with Gasteiger partial charge in [0.1, 0.15) is 0 Å². The number of benzene rings is 2. The minimum Gasteiger partial charge on any atom is -0.383 e. The molecule has 0 bridgehead atoms. The van der Waals surface area contributed by atoms with Crippen LogP contribution >= 0.6 is 11.8 Å². The summed E-state index contributed by atoms with van der Waals surface area (Å²) in [4.78, 5) is 16.3. The molecule has 2 aromatic rings. The number of hydrogen-bond donors (Lipinski definition) is 1. The predicted octanol–water partition coefficient (Wildman–Crippen LogP) is 4.15. The van der Waals surface area contributed by atoms with Crippen LogP contribution in [-0.4, -0.2) is 24.8 Å². The molecule has 0 fully saturated rings. The van der Waals surface area contributed by atoms with Crippen LogP contribution in [0.3, 0.4) is 0 Å². The molecule has 0 aromatic heterocycles. The average Bonchev–Trinajstić information content (AvgIpc) is 2.50. The molecule has 0 saturated carbocycles. The number of carbonyl (C=O) groups is 1. The molecule has 0 unspecified atom stereocenters. The van der Waals surface area contributed by atoms with E-state index in [2.05, 4.69) is 11.4 Å². The highest BCUT2D eigenvalue weighted by Crippen LogP contribution is 2.44. The van der Waals surface area contributed by atoms with E-state index in [1.165, 1.54) is 4.90 Å². The lowest BCUT2D eigenvalue weighted by molar-refractivity contribution is 0.104. The molecule has 1 N–H and O–H groups in total. The zero-order valence-electron chi connectivity index (χ0n) is 12.0. The maximum absolute atomic E-state index is 12.1. The number of hydrogen-bond acceptors (Lipinski definition) is 4. The van der Waals surface area contributed by atoms with Gasteiger partial charge in [0, 0.05) is 41.7 Å². The lowest BCUT2D eigenvalue weighted by Crippen LogP contribution is -2.05. The van der Waals surface area contributed by atoms with Gasteiger partial charge in [-0.05, 0) is 30.3 Å². The molecule has 0 atom stereocenters. The fourth-order valence-electron chi connectivity index (χ4n) is 2.11. The quantitative estimate of drug-likeness (QED) is 0.581. The van der Waals surface area contributed by atoms with Gasteiger partial charge in [-0.2, -0.15) is 0 Å². The van der Waals surface area contributed by atoms with Crippen LogP contribution in [0, 0.1) is 0 Å². The molecular weight excluding hydrogens is 280 g/mol. The van der Waals surface area contributed by atoms with Crippen molar-refractivity contribution < 1.29 is 4.79 Å². The first-order valence-electron chi connectivity index (χ1n) is 6.70. The molecule has 106 valence electrons. The van der Waals surface area contributed by atoms with Gasteiger partial charge in [-0.1, -0.05) is 23.9 Å². The monoisotopic (exact) mass is 296 g/mol. The van der Waals surface area contributed by atoms with Crippen LogP contribution in [-0.2, 0) is 0 Å². The summed E-state index contributed by atoms with van der Waals surface area (Å²) < 4.78 is 0. The molecule has 2 aromatic carbocycles. The van der Waals surface area contributed by atoms with Crippen molar-refractivity contribution in [1.29, 1.82) is 0 Å². The molecule has 4 heteroatoms. The Kier molecular flexibility index (Phi) is 3.71. The van der Waals surface area contributed by atoms with E-state index in [4.69, 9.17) is 0 Å². The van der Waals surface area contributed by atoms with E-state index in [0.29, 0.717) is 5.56 Å². The van der Waals surface area contributed by atoms with E-state index >= 15 is 0 Å². The first kappa shape index (κ1) is 13.8. The number of allylic oxidation sites excluding steroid dienone is 1. The maximum Gasteiger partial charge on any atom is 0.187 e. The van der Waals surface area contributed by atoms with Gasteiger partial charge in [-0.25, -0.2) is 0 Å². The lowest BCUT2D eigenvalue weighted by atomic mass is 10.1. The Morgan fingerprint density at radius 1 is 1.10 bits per heavy atom. The Balaban J connectivity index is 1.88. The van der Waals surface area contributed by atoms with Gasteiger partial charge in [-0.3, -0.25) is 4.79 Å². The largest absolute Gasteiger partial charge is 0.383 e. The standard InChI is InChI=1S/C17H16N2OS/c1-19(2)10-9-15(20)12-7-8-17-14(11-12)18-13-5-3-4-6-16(13)21-17/h3-11,18H,1-2H3/b10-9+. The molecule has 1 aliphatic rings. The molecule has 0 aliphatic carbocycles. The van der Waals surface area contributed by atoms with Gasteiger partial charge in [-0.15, -0.1) is 0 Å². The SMILES string of the molecule is CN(C)/C=C/C(=O)c1ccc2c(c1)Nc1ccccc1S2. The average molecular weight is 296 g/mol. The van der Waals surface area contributed by atoms with Crippen LogP contribution < -0.4 is 5.32 Å². The molecule has 0 amide bonds. The normalized spacial score (nSPS) is 12.5. The summed E-state index contributed by atoms with van der Waals surface area (Å²) in [7, 11) is 3.79. The second-order valence-corrected chi connectivity index (χ2v) is 6.16. The maximum atomic E-state index is 12.1. The molecule has 0 saturated heterocycles. The number of anilines is 2. The van der Waals surface area contributed by atoms with E-state index < -0.39 is 0 Å². The third-order valence-electron chi connectivity index (χ3n) is 3.16. The van der Waals surface area contributed by atoms with E-state index in [-0.39, 0.29) is 5.78 Å². The fraction of sp³-hybridized carbons (Fsp3) is 0.118. The molecule has 1 heterocycles. The molecule has 3 nitrogen and oxygen atoms in total. The summed E-state index contributed by atoms with van der Waals surface area (Å²) in [6.45, 7) is 0. The number of ketones is 1. The Labute approximate surface area is 128 Å². The Hall–Kier alpha value is -2.20. The van der Waals surface area contributed by atoms with Gasteiger partial charge in [0.15, 0.2) is 5.78 Å². The molecule has 0 spiro atoms. The second kappa shape index (κ2) is 5.66. The fourth-order valence-corrected chi connectivity index (χ4v) is 3.07. The van der Waals surface area contributed by atoms with Gasteiger partial charge in [0.05, 0.1) is 11.4 Å². The van der Waals surface area contributed by atoms with Crippen molar-refractivity contribution >= 4 is 28.9 Å². The predicted molar refractivity (Wildman–Crippen MR) is 87.4 cm³/mol. The minimum absolute atomic E-state index is 0.0113. The van der Waals surface area contributed by atoms with Gasteiger partial charge < -0.3 is 10.2 Å². The lowest BCUT2D eigenvalue weighted by Gasteiger charge is -2.20. The number of fused-ring (bicyclic) bond motifs is 2. The summed E-state index contributed by atoms with van der Waals surface area (Å²) in [6, 6.07) is 14.0. The van der Waals surface area contributed by atoms with Crippen LogP contribution in [0.5, 0.6) is 0 Å². The molecule has 3 rings (SSSR count). The number of carbonyl (C=O) groups excluding carboxylic acids is 1. The summed E-state index contributed by atoms with van der Waals surface area (Å²) in [6.07, 6.45) is 3.35. The van der Waals surface area contributed by atoms with Crippen LogP contribution in [0.15, 0.2) is 64.5 Å². The number of para-hydroxylation sites is 1. The highest BCUT2D eigenvalue weighted by Gasteiger charge is 2.16. The molecular formula is C17H16N2OS. The topological polar surface area (TPSA) is 32.3 Å². The van der Waals surface area contributed by atoms with Gasteiger partial charge in [0.25, 0.3) is 0 Å². The Morgan fingerprint density at radius 3 is 2.67 bits per heavy atom. The minimum atomic E-state index is 0.0113. The third kappa shape index (κ3) is 2.95. The van der Waals surface area contributed by atoms with Crippen LogP contribution in [0.1, 0.15) is 10.4 Å². The molecule has 0 radical (unpaired) electrons. The molecule has 21 heavy (non-hydrogen) atoms. The first-order valence-corrected chi connectivity index (χ1v) is 7.52. The highest BCUT2D eigenvalue weighted by atomic mass is 32.2. The van der Waals surface area contributed by atoms with E-state index in [0.717, 1.165) is 16.3 Å². The smallest absolute Gasteiger partial charge is 0.187 e. The first-order chi connectivity index (χ1) is 10.1. The van der Waals surface area contributed by atoms with Crippen LogP contribution in [0.25, 0.3) is 0 Å². The Bertz CT molecular complexity index is 722. The van der Waals surface area contributed by atoms with Gasteiger partial charge in [0.2, 0.25) is 0 Å². The summed E-state index contributed by atoms with van der Waals surface area (Å²) >= 11 is 1.72. The van der Waals surface area contributed by atoms with Gasteiger partial charge >= 0.3 is 0 Å². The van der Waals surface area contributed by atoms with Crippen molar-refractivity contribution in [1.82, 2.24) is 4.90 Å². The van der Waals surface area contributed by atoms with E-state index in [1.807, 2.05) is 55.4 Å². The zero-order chi connectivity index (χ0) is 14.8. The summed E-state index contributed by atoms with van der Waals surface area (Å²) in [5.74, 6) is 0.0113. The molecule has 1 aliphatic heterocycles. The van der Waals surface area contributed by atoms with E-state index in [9.17, 15) is 4.79 Å². The van der Waals surface area contributed by atoms with Crippen molar-refractivity contribution in [2.75, 3.05) is 19.4 Å². The summed E-state index contributed by atoms with van der Waals surface area (Å²) in [5.41, 5.74) is 2.77. The van der Waals surface area contributed by atoms with Crippen molar-refractivity contribution in [2.24, 2.45) is 0 Å². The number of nitrogens with zero attached hydrogens (tertiary/aromatic N) is 1. The highest BCUT2D eigenvalue weighted by molar-refractivity contribution is 7.99. The number of nitrogens with one attached hydrogen (secondary N) is 1. The van der Waals surface area contributed by atoms with Crippen molar-refractivity contribution in [3.05, 3.63) is 60.3 Å².